The highest BCUT2D eigenvalue weighted by molar-refractivity contribution is 5.80. The number of hydrogen-bond acceptors (Lipinski definition) is 3. The van der Waals surface area contributed by atoms with Crippen molar-refractivity contribution in [1.29, 1.82) is 0 Å². The van der Waals surface area contributed by atoms with Crippen LogP contribution in [0.2, 0.25) is 0 Å². The van der Waals surface area contributed by atoms with Crippen molar-refractivity contribution in [3.05, 3.63) is 35.9 Å². The second-order valence-electron chi connectivity index (χ2n) is 6.94. The first-order valence-electron chi connectivity index (χ1n) is 8.15. The number of nitrogens with zero attached hydrogens (tertiary/aromatic N) is 1. The van der Waals surface area contributed by atoms with Crippen molar-refractivity contribution in [2.45, 2.75) is 39.2 Å². The molecule has 5 heteroatoms. The molecule has 1 aromatic rings. The van der Waals surface area contributed by atoms with Crippen LogP contribution in [0.1, 0.15) is 32.8 Å². The first-order chi connectivity index (χ1) is 10.8. The van der Waals surface area contributed by atoms with Crippen molar-refractivity contribution in [2.75, 3.05) is 19.6 Å². The largest absolute Gasteiger partial charge is 0.444 e. The Morgan fingerprint density at radius 1 is 1.26 bits per heavy atom. The van der Waals surface area contributed by atoms with Gasteiger partial charge in [-0.15, -0.1) is 0 Å². The van der Waals surface area contributed by atoms with E-state index in [9.17, 15) is 9.59 Å². The Hall–Kier alpha value is -2.04. The summed E-state index contributed by atoms with van der Waals surface area (Å²) in [6, 6.07) is 10.1. The third kappa shape index (κ3) is 5.58. The molecule has 1 aromatic carbocycles. The Kier molecular flexibility index (Phi) is 5.64. The number of amides is 2. The summed E-state index contributed by atoms with van der Waals surface area (Å²) in [7, 11) is 0. The second kappa shape index (κ2) is 7.49. The number of likely N-dealkylation sites (tertiary alicyclic amines) is 1. The van der Waals surface area contributed by atoms with Crippen molar-refractivity contribution in [3.63, 3.8) is 0 Å². The predicted octanol–water partition coefficient (Wildman–Crippen LogP) is 2.60. The summed E-state index contributed by atoms with van der Waals surface area (Å²) in [5.74, 6) is -0.120. The highest BCUT2D eigenvalue weighted by atomic mass is 16.6. The molecule has 1 N–H and O–H groups in total. The van der Waals surface area contributed by atoms with Crippen molar-refractivity contribution >= 4 is 12.0 Å². The van der Waals surface area contributed by atoms with E-state index in [2.05, 4.69) is 5.32 Å². The van der Waals surface area contributed by atoms with Gasteiger partial charge in [0.2, 0.25) is 5.91 Å². The Morgan fingerprint density at radius 3 is 2.61 bits per heavy atom. The molecule has 1 saturated heterocycles. The van der Waals surface area contributed by atoms with Gasteiger partial charge in [0.1, 0.15) is 5.60 Å². The zero-order chi connectivity index (χ0) is 16.9. The molecule has 1 aliphatic rings. The van der Waals surface area contributed by atoms with E-state index >= 15 is 0 Å². The molecule has 0 aliphatic carbocycles. The third-order valence-electron chi connectivity index (χ3n) is 3.77. The molecule has 0 saturated carbocycles. The van der Waals surface area contributed by atoms with Gasteiger partial charge in [-0.2, -0.15) is 0 Å². The van der Waals surface area contributed by atoms with Crippen LogP contribution in [0, 0.1) is 5.92 Å². The summed E-state index contributed by atoms with van der Waals surface area (Å²) in [5, 5.41) is 2.96. The molecule has 1 heterocycles. The van der Waals surface area contributed by atoms with Gasteiger partial charge in [0.25, 0.3) is 0 Å². The minimum absolute atomic E-state index is 0.0204. The quantitative estimate of drug-likeness (QED) is 0.928. The summed E-state index contributed by atoms with van der Waals surface area (Å²) in [6.07, 6.45) is 1.17. The fourth-order valence-electron chi connectivity index (χ4n) is 2.59. The molecule has 126 valence electrons. The van der Waals surface area contributed by atoms with Crippen LogP contribution in [-0.4, -0.2) is 42.1 Å². The monoisotopic (exact) mass is 318 g/mol. The smallest absolute Gasteiger partial charge is 0.410 e. The predicted molar refractivity (Wildman–Crippen MR) is 89.1 cm³/mol. The molecule has 0 spiro atoms. The maximum Gasteiger partial charge on any atom is 0.410 e. The number of carbonyl (C=O) groups excluding carboxylic acids is 2. The fraction of sp³-hybridized carbons (Fsp3) is 0.556. The topological polar surface area (TPSA) is 58.6 Å². The Bertz CT molecular complexity index is 537. The van der Waals surface area contributed by atoms with Gasteiger partial charge in [0.15, 0.2) is 0 Å². The molecular formula is C18H26N2O3. The van der Waals surface area contributed by atoms with Gasteiger partial charge in [-0.25, -0.2) is 4.79 Å². The molecule has 1 aliphatic heterocycles. The number of carbonyl (C=O) groups is 2. The molecule has 5 nitrogen and oxygen atoms in total. The van der Waals surface area contributed by atoms with Gasteiger partial charge in [-0.3, -0.25) is 4.79 Å². The van der Waals surface area contributed by atoms with Crippen LogP contribution in [0.15, 0.2) is 30.3 Å². The van der Waals surface area contributed by atoms with Gasteiger partial charge in [0.05, 0.1) is 5.92 Å². The highest BCUT2D eigenvalue weighted by Crippen LogP contribution is 2.19. The molecule has 2 rings (SSSR count). The van der Waals surface area contributed by atoms with Gasteiger partial charge in [0, 0.05) is 19.6 Å². The SMILES string of the molecule is CC(C)(C)OC(=O)N1CCC(C(=O)NCCc2ccccc2)C1. The summed E-state index contributed by atoms with van der Waals surface area (Å²) in [6.45, 7) is 7.15. The molecule has 1 fully saturated rings. The van der Waals surface area contributed by atoms with Crippen LogP contribution in [0.5, 0.6) is 0 Å². The van der Waals surface area contributed by atoms with Crippen molar-refractivity contribution in [3.8, 4) is 0 Å². The normalized spacial score (nSPS) is 17.9. The van der Waals surface area contributed by atoms with Gasteiger partial charge in [-0.1, -0.05) is 30.3 Å². The van der Waals surface area contributed by atoms with Crippen molar-refractivity contribution in [2.24, 2.45) is 5.92 Å². The van der Waals surface area contributed by atoms with Crippen molar-refractivity contribution in [1.82, 2.24) is 10.2 Å². The van der Waals surface area contributed by atoms with Crippen LogP contribution < -0.4 is 5.32 Å². The first-order valence-corrected chi connectivity index (χ1v) is 8.15. The Labute approximate surface area is 138 Å². The van der Waals surface area contributed by atoms with Crippen LogP contribution in [0.3, 0.4) is 0 Å². The molecule has 0 radical (unpaired) electrons. The zero-order valence-electron chi connectivity index (χ0n) is 14.2. The van der Waals surface area contributed by atoms with E-state index in [1.165, 1.54) is 5.56 Å². The number of nitrogens with one attached hydrogen (secondary N) is 1. The zero-order valence-corrected chi connectivity index (χ0v) is 14.2. The maximum atomic E-state index is 12.2. The maximum absolute atomic E-state index is 12.2. The lowest BCUT2D eigenvalue weighted by atomic mass is 10.1. The average molecular weight is 318 g/mol. The molecule has 1 atom stereocenters. The van der Waals surface area contributed by atoms with E-state index in [4.69, 9.17) is 4.74 Å². The highest BCUT2D eigenvalue weighted by Gasteiger charge is 2.33. The van der Waals surface area contributed by atoms with E-state index in [1.807, 2.05) is 51.1 Å². The molecule has 0 bridgehead atoms. The van der Waals surface area contributed by atoms with Crippen molar-refractivity contribution < 1.29 is 14.3 Å². The van der Waals surface area contributed by atoms with Gasteiger partial charge in [-0.05, 0) is 39.2 Å². The van der Waals surface area contributed by atoms with E-state index < -0.39 is 5.60 Å². The third-order valence-corrected chi connectivity index (χ3v) is 3.77. The minimum atomic E-state index is -0.507. The van der Waals surface area contributed by atoms with E-state index in [0.29, 0.717) is 26.1 Å². The van der Waals surface area contributed by atoms with E-state index in [-0.39, 0.29) is 17.9 Å². The van der Waals surface area contributed by atoms with Crippen LogP contribution in [0.25, 0.3) is 0 Å². The number of ether oxygens (including phenoxy) is 1. The Balaban J connectivity index is 1.73. The number of rotatable bonds is 4. The molecule has 0 aromatic heterocycles. The molecule has 2 amide bonds. The summed E-state index contributed by atoms with van der Waals surface area (Å²) >= 11 is 0. The van der Waals surface area contributed by atoms with E-state index in [0.717, 1.165) is 6.42 Å². The Morgan fingerprint density at radius 2 is 1.96 bits per heavy atom. The second-order valence-corrected chi connectivity index (χ2v) is 6.94. The number of benzene rings is 1. The number of hydrogen-bond donors (Lipinski definition) is 1. The molecule has 23 heavy (non-hydrogen) atoms. The molecular weight excluding hydrogens is 292 g/mol. The average Bonchev–Trinajstić information content (AvgIpc) is 2.96. The van der Waals surface area contributed by atoms with Crippen LogP contribution in [0.4, 0.5) is 4.79 Å². The lowest BCUT2D eigenvalue weighted by Gasteiger charge is -2.24. The summed E-state index contributed by atoms with van der Waals surface area (Å²) < 4.78 is 5.34. The van der Waals surface area contributed by atoms with Gasteiger partial charge >= 0.3 is 6.09 Å². The van der Waals surface area contributed by atoms with Crippen LogP contribution >= 0.6 is 0 Å². The minimum Gasteiger partial charge on any atom is -0.444 e. The lowest BCUT2D eigenvalue weighted by Crippen LogP contribution is -2.38. The first kappa shape index (κ1) is 17.3. The lowest BCUT2D eigenvalue weighted by molar-refractivity contribution is -0.124. The molecule has 1 unspecified atom stereocenters. The fourth-order valence-corrected chi connectivity index (χ4v) is 2.59. The van der Waals surface area contributed by atoms with Gasteiger partial charge < -0.3 is 15.0 Å². The summed E-state index contributed by atoms with van der Waals surface area (Å²) in [4.78, 5) is 25.8. The van der Waals surface area contributed by atoms with Crippen LogP contribution in [-0.2, 0) is 16.0 Å². The standard InChI is InChI=1S/C18H26N2O3/c1-18(2,3)23-17(22)20-12-10-15(13-20)16(21)19-11-9-14-7-5-4-6-8-14/h4-8,15H,9-13H2,1-3H3,(H,19,21). The van der Waals surface area contributed by atoms with E-state index in [1.54, 1.807) is 4.90 Å². The summed E-state index contributed by atoms with van der Waals surface area (Å²) in [5.41, 5.74) is 0.697.